The van der Waals surface area contributed by atoms with Gasteiger partial charge in [-0.15, -0.1) is 0 Å². The first-order chi connectivity index (χ1) is 6.81. The van der Waals surface area contributed by atoms with E-state index >= 15 is 0 Å². The topological polar surface area (TPSA) is 35.5 Å². The van der Waals surface area contributed by atoms with Crippen molar-refractivity contribution in [2.75, 3.05) is 26.2 Å². The maximum atomic E-state index is 9.45. The lowest BCUT2D eigenvalue weighted by Gasteiger charge is -2.36. The number of aliphatic hydroxyl groups excluding tert-OH is 1. The number of hydrogen-bond acceptors (Lipinski definition) is 3. The summed E-state index contributed by atoms with van der Waals surface area (Å²) in [6.07, 6.45) is 3.16. The second-order valence-electron chi connectivity index (χ2n) is 4.66. The third-order valence-corrected chi connectivity index (χ3v) is 3.80. The van der Waals surface area contributed by atoms with Crippen molar-refractivity contribution in [1.29, 1.82) is 0 Å². The molecule has 2 aliphatic heterocycles. The highest BCUT2D eigenvalue weighted by Crippen LogP contribution is 2.22. The molecule has 0 aromatic carbocycles. The zero-order valence-corrected chi connectivity index (χ0v) is 9.08. The van der Waals surface area contributed by atoms with Crippen LogP contribution in [0.1, 0.15) is 26.2 Å². The molecular formula is C11H22N2O. The van der Waals surface area contributed by atoms with Crippen LogP contribution in [0.25, 0.3) is 0 Å². The number of hydrogen-bond donors (Lipinski definition) is 2. The Morgan fingerprint density at radius 3 is 2.64 bits per heavy atom. The van der Waals surface area contributed by atoms with Crippen LogP contribution in [0.5, 0.6) is 0 Å². The maximum absolute atomic E-state index is 9.45. The Hall–Kier alpha value is -0.120. The van der Waals surface area contributed by atoms with E-state index in [1.807, 2.05) is 0 Å². The Labute approximate surface area is 86.5 Å². The Balaban J connectivity index is 1.88. The highest BCUT2D eigenvalue weighted by Gasteiger charge is 2.32. The summed E-state index contributed by atoms with van der Waals surface area (Å²) in [7, 11) is 0. The molecule has 2 atom stereocenters. The van der Waals surface area contributed by atoms with Crippen molar-refractivity contribution in [1.82, 2.24) is 10.2 Å². The highest BCUT2D eigenvalue weighted by atomic mass is 16.3. The molecule has 3 nitrogen and oxygen atoms in total. The lowest BCUT2D eigenvalue weighted by Crippen LogP contribution is -2.46. The van der Waals surface area contributed by atoms with Crippen molar-refractivity contribution in [2.24, 2.45) is 5.92 Å². The van der Waals surface area contributed by atoms with Crippen LogP contribution in [0.15, 0.2) is 0 Å². The van der Waals surface area contributed by atoms with E-state index in [0.717, 1.165) is 44.4 Å². The molecule has 2 heterocycles. The standard InChI is InChI=1S/C11H22N2O/c1-2-9-7-12-8-11(9)13-5-3-10(14)4-6-13/h9-12,14H,2-8H2,1H3. The molecule has 0 spiro atoms. The summed E-state index contributed by atoms with van der Waals surface area (Å²) < 4.78 is 0. The summed E-state index contributed by atoms with van der Waals surface area (Å²) in [4.78, 5) is 2.57. The molecule has 0 aromatic heterocycles. The van der Waals surface area contributed by atoms with E-state index in [0.29, 0.717) is 0 Å². The first kappa shape index (κ1) is 10.4. The fraction of sp³-hybridized carbons (Fsp3) is 1.00. The van der Waals surface area contributed by atoms with Crippen LogP contribution < -0.4 is 5.32 Å². The summed E-state index contributed by atoms with van der Waals surface area (Å²) in [6, 6.07) is 0.729. The van der Waals surface area contributed by atoms with Gasteiger partial charge in [0.05, 0.1) is 6.10 Å². The average Bonchev–Trinajstić information content (AvgIpc) is 2.67. The molecule has 0 saturated carbocycles. The van der Waals surface area contributed by atoms with Crippen molar-refractivity contribution < 1.29 is 5.11 Å². The van der Waals surface area contributed by atoms with Gasteiger partial charge in [-0.05, 0) is 25.3 Å². The number of piperidine rings is 1. The van der Waals surface area contributed by atoms with Crippen LogP contribution in [0.4, 0.5) is 0 Å². The molecule has 2 aliphatic rings. The smallest absolute Gasteiger partial charge is 0.0564 e. The molecular weight excluding hydrogens is 176 g/mol. The quantitative estimate of drug-likeness (QED) is 0.676. The van der Waals surface area contributed by atoms with Crippen LogP contribution in [0.3, 0.4) is 0 Å². The molecule has 2 fully saturated rings. The number of likely N-dealkylation sites (tertiary alicyclic amines) is 1. The lowest BCUT2D eigenvalue weighted by atomic mass is 9.96. The van der Waals surface area contributed by atoms with E-state index in [1.54, 1.807) is 0 Å². The summed E-state index contributed by atoms with van der Waals surface area (Å²) in [5, 5.41) is 12.9. The first-order valence-corrected chi connectivity index (χ1v) is 5.94. The van der Waals surface area contributed by atoms with Crippen LogP contribution in [-0.2, 0) is 0 Å². The Bertz CT molecular complexity index is 178. The molecule has 2 saturated heterocycles. The number of aliphatic hydroxyl groups is 1. The molecule has 0 aliphatic carbocycles. The molecule has 0 radical (unpaired) electrons. The predicted molar refractivity (Wildman–Crippen MR) is 57.3 cm³/mol. The van der Waals surface area contributed by atoms with E-state index in [1.165, 1.54) is 13.0 Å². The van der Waals surface area contributed by atoms with Crippen molar-refractivity contribution in [3.8, 4) is 0 Å². The van der Waals surface area contributed by atoms with Gasteiger partial charge in [-0.25, -0.2) is 0 Å². The molecule has 14 heavy (non-hydrogen) atoms. The molecule has 0 aromatic rings. The summed E-state index contributed by atoms with van der Waals surface area (Å²) in [6.45, 7) is 6.78. The normalized spacial score (nSPS) is 36.4. The predicted octanol–water partition coefficient (Wildman–Crippen LogP) is 0.441. The molecule has 0 bridgehead atoms. The highest BCUT2D eigenvalue weighted by molar-refractivity contribution is 4.89. The van der Waals surface area contributed by atoms with Crippen molar-refractivity contribution in [3.05, 3.63) is 0 Å². The summed E-state index contributed by atoms with van der Waals surface area (Å²) in [5.74, 6) is 0.824. The number of nitrogens with zero attached hydrogens (tertiary/aromatic N) is 1. The Kier molecular flexibility index (Phi) is 3.42. The minimum Gasteiger partial charge on any atom is -0.393 e. The van der Waals surface area contributed by atoms with Crippen LogP contribution in [-0.4, -0.2) is 48.3 Å². The van der Waals surface area contributed by atoms with Crippen LogP contribution in [0.2, 0.25) is 0 Å². The monoisotopic (exact) mass is 198 g/mol. The molecule has 0 amide bonds. The summed E-state index contributed by atoms with van der Waals surface area (Å²) in [5.41, 5.74) is 0. The second-order valence-corrected chi connectivity index (χ2v) is 4.66. The molecule has 82 valence electrons. The van der Waals surface area contributed by atoms with E-state index in [2.05, 4.69) is 17.1 Å². The third-order valence-electron chi connectivity index (χ3n) is 3.80. The molecule has 3 heteroatoms. The average molecular weight is 198 g/mol. The summed E-state index contributed by atoms with van der Waals surface area (Å²) >= 11 is 0. The number of nitrogens with one attached hydrogen (secondary N) is 1. The largest absolute Gasteiger partial charge is 0.393 e. The van der Waals surface area contributed by atoms with Crippen LogP contribution >= 0.6 is 0 Å². The SMILES string of the molecule is CCC1CNCC1N1CCC(O)CC1. The maximum Gasteiger partial charge on any atom is 0.0564 e. The van der Waals surface area contributed by atoms with E-state index < -0.39 is 0 Å². The van der Waals surface area contributed by atoms with Crippen molar-refractivity contribution >= 4 is 0 Å². The van der Waals surface area contributed by atoms with Gasteiger partial charge in [0.25, 0.3) is 0 Å². The van der Waals surface area contributed by atoms with Gasteiger partial charge in [-0.2, -0.15) is 0 Å². The van der Waals surface area contributed by atoms with Crippen LogP contribution in [0, 0.1) is 5.92 Å². The van der Waals surface area contributed by atoms with Gasteiger partial charge in [0.1, 0.15) is 0 Å². The fourth-order valence-electron chi connectivity index (χ4n) is 2.78. The van der Waals surface area contributed by atoms with E-state index in [9.17, 15) is 5.11 Å². The lowest BCUT2D eigenvalue weighted by molar-refractivity contribution is 0.0541. The first-order valence-electron chi connectivity index (χ1n) is 5.94. The minimum atomic E-state index is -0.0410. The third kappa shape index (κ3) is 2.10. The van der Waals surface area contributed by atoms with Gasteiger partial charge >= 0.3 is 0 Å². The van der Waals surface area contributed by atoms with Gasteiger partial charge in [0.2, 0.25) is 0 Å². The van der Waals surface area contributed by atoms with Gasteiger partial charge < -0.3 is 10.4 Å². The Morgan fingerprint density at radius 1 is 1.29 bits per heavy atom. The zero-order valence-electron chi connectivity index (χ0n) is 9.08. The van der Waals surface area contributed by atoms with E-state index in [4.69, 9.17) is 0 Å². The van der Waals surface area contributed by atoms with Gasteiger partial charge in [0.15, 0.2) is 0 Å². The Morgan fingerprint density at radius 2 is 2.00 bits per heavy atom. The zero-order chi connectivity index (χ0) is 9.97. The fourth-order valence-corrected chi connectivity index (χ4v) is 2.78. The molecule has 2 rings (SSSR count). The molecule has 2 unspecified atom stereocenters. The van der Waals surface area contributed by atoms with Crippen molar-refractivity contribution in [2.45, 2.75) is 38.3 Å². The van der Waals surface area contributed by atoms with E-state index in [-0.39, 0.29) is 6.10 Å². The molecule has 2 N–H and O–H groups in total. The van der Waals surface area contributed by atoms with Gasteiger partial charge in [-0.1, -0.05) is 13.3 Å². The minimum absolute atomic E-state index is 0.0410. The number of rotatable bonds is 2. The second kappa shape index (κ2) is 4.60. The van der Waals surface area contributed by atoms with Gasteiger partial charge in [-0.3, -0.25) is 4.90 Å². The van der Waals surface area contributed by atoms with Crippen molar-refractivity contribution in [3.63, 3.8) is 0 Å². The van der Waals surface area contributed by atoms with Gasteiger partial charge in [0, 0.05) is 25.7 Å².